The summed E-state index contributed by atoms with van der Waals surface area (Å²) in [6.07, 6.45) is 3.52. The number of hydrogen-bond donors (Lipinski definition) is 2. The van der Waals surface area contributed by atoms with Crippen molar-refractivity contribution in [3.63, 3.8) is 0 Å². The average molecular weight is 373 g/mol. The van der Waals surface area contributed by atoms with Crippen molar-refractivity contribution < 1.29 is 14.1 Å². The summed E-state index contributed by atoms with van der Waals surface area (Å²) < 4.78 is 5.27. The first-order valence-corrected chi connectivity index (χ1v) is 8.84. The Morgan fingerprint density at radius 1 is 1.44 bits per heavy atom. The van der Waals surface area contributed by atoms with E-state index >= 15 is 0 Å². The molecule has 1 fully saturated rings. The predicted molar refractivity (Wildman–Crippen MR) is 97.8 cm³/mol. The van der Waals surface area contributed by atoms with Crippen LogP contribution in [0.15, 0.2) is 10.6 Å². The highest BCUT2D eigenvalue weighted by Crippen LogP contribution is 2.24. The van der Waals surface area contributed by atoms with Crippen molar-refractivity contribution in [3.8, 4) is 0 Å². The number of aromatic nitrogens is 1. The number of piperidine rings is 1. The number of carbonyl (C=O) groups excluding carboxylic acids is 2. The first kappa shape index (κ1) is 21.4. The van der Waals surface area contributed by atoms with Crippen molar-refractivity contribution >= 4 is 24.2 Å². The lowest BCUT2D eigenvalue weighted by Crippen LogP contribution is -2.46. The van der Waals surface area contributed by atoms with Crippen LogP contribution in [0.1, 0.15) is 61.7 Å². The predicted octanol–water partition coefficient (Wildman–Crippen LogP) is 1.93. The minimum Gasteiger partial charge on any atom is -0.355 e. The molecule has 8 heteroatoms. The smallest absolute Gasteiger partial charge is 0.292 e. The van der Waals surface area contributed by atoms with Gasteiger partial charge in [0.2, 0.25) is 11.7 Å². The van der Waals surface area contributed by atoms with Gasteiger partial charge in [-0.2, -0.15) is 0 Å². The van der Waals surface area contributed by atoms with Gasteiger partial charge in [0.05, 0.1) is 11.6 Å². The maximum atomic E-state index is 12.6. The minimum atomic E-state index is -0.185. The summed E-state index contributed by atoms with van der Waals surface area (Å²) in [6, 6.07) is 1.75. The van der Waals surface area contributed by atoms with Gasteiger partial charge in [0.1, 0.15) is 0 Å². The highest BCUT2D eigenvalue weighted by Gasteiger charge is 2.30. The normalized spacial score (nSPS) is 17.3. The van der Waals surface area contributed by atoms with Crippen LogP contribution >= 0.6 is 12.4 Å². The van der Waals surface area contributed by atoms with E-state index in [2.05, 4.69) is 24.3 Å². The van der Waals surface area contributed by atoms with Gasteiger partial charge in [-0.1, -0.05) is 19.0 Å². The van der Waals surface area contributed by atoms with Crippen LogP contribution in [-0.2, 0) is 4.79 Å². The van der Waals surface area contributed by atoms with Gasteiger partial charge in [0.25, 0.3) is 5.91 Å². The third kappa shape index (κ3) is 5.44. The second-order valence-corrected chi connectivity index (χ2v) is 6.30. The Kier molecular flexibility index (Phi) is 8.92. The van der Waals surface area contributed by atoms with E-state index in [9.17, 15) is 9.59 Å². The summed E-state index contributed by atoms with van der Waals surface area (Å²) in [5, 5.41) is 6.85. The van der Waals surface area contributed by atoms with Crippen molar-refractivity contribution in [2.75, 3.05) is 26.2 Å². The lowest BCUT2D eigenvalue weighted by atomic mass is 9.96. The Morgan fingerprint density at radius 2 is 2.16 bits per heavy atom. The van der Waals surface area contributed by atoms with Crippen LogP contribution in [0.3, 0.4) is 0 Å². The Hall–Kier alpha value is -1.60. The monoisotopic (exact) mass is 372 g/mol. The molecule has 0 radical (unpaired) electrons. The number of hydrogen-bond acceptors (Lipinski definition) is 5. The lowest BCUT2D eigenvalue weighted by Gasteiger charge is -2.31. The molecule has 0 aliphatic carbocycles. The lowest BCUT2D eigenvalue weighted by molar-refractivity contribution is -0.126. The summed E-state index contributed by atoms with van der Waals surface area (Å²) in [5.41, 5.74) is 6.24. The molecule has 1 aliphatic heterocycles. The molecule has 3 N–H and O–H groups in total. The van der Waals surface area contributed by atoms with Gasteiger partial charge >= 0.3 is 0 Å². The number of likely N-dealkylation sites (tertiary alicyclic amines) is 1. The van der Waals surface area contributed by atoms with E-state index in [1.54, 1.807) is 11.0 Å². The molecule has 2 rings (SSSR count). The van der Waals surface area contributed by atoms with E-state index in [1.807, 2.05) is 0 Å². The van der Waals surface area contributed by atoms with Gasteiger partial charge in [-0.15, -0.1) is 12.4 Å². The highest BCUT2D eigenvalue weighted by molar-refractivity contribution is 5.92. The molecule has 0 aromatic carbocycles. The van der Waals surface area contributed by atoms with E-state index in [0.717, 1.165) is 31.4 Å². The van der Waals surface area contributed by atoms with Crippen LogP contribution in [0.2, 0.25) is 0 Å². The number of carbonyl (C=O) groups is 2. The van der Waals surface area contributed by atoms with Gasteiger partial charge in [-0.3, -0.25) is 9.59 Å². The number of halogens is 1. The van der Waals surface area contributed by atoms with Crippen LogP contribution in [0.5, 0.6) is 0 Å². The zero-order valence-corrected chi connectivity index (χ0v) is 15.8. The molecular weight excluding hydrogens is 344 g/mol. The van der Waals surface area contributed by atoms with Crippen molar-refractivity contribution in [1.29, 1.82) is 0 Å². The summed E-state index contributed by atoms with van der Waals surface area (Å²) >= 11 is 0. The van der Waals surface area contributed by atoms with Crippen molar-refractivity contribution in [2.24, 2.45) is 11.7 Å². The van der Waals surface area contributed by atoms with Gasteiger partial charge in [-0.05, 0) is 25.7 Å². The van der Waals surface area contributed by atoms with Crippen molar-refractivity contribution in [3.05, 3.63) is 17.5 Å². The molecule has 1 saturated heterocycles. The molecule has 142 valence electrons. The van der Waals surface area contributed by atoms with E-state index in [4.69, 9.17) is 10.3 Å². The molecule has 2 amide bonds. The number of amides is 2. The Bertz CT molecular complexity index is 560. The molecule has 1 unspecified atom stereocenters. The summed E-state index contributed by atoms with van der Waals surface area (Å²) in [4.78, 5) is 26.4. The third-order valence-electron chi connectivity index (χ3n) is 4.67. The molecule has 1 atom stereocenters. The second-order valence-electron chi connectivity index (χ2n) is 6.30. The highest BCUT2D eigenvalue weighted by atomic mass is 35.5. The third-order valence-corrected chi connectivity index (χ3v) is 4.67. The zero-order chi connectivity index (χ0) is 17.5. The molecule has 1 aromatic heterocycles. The average Bonchev–Trinajstić information content (AvgIpc) is 3.10. The fourth-order valence-corrected chi connectivity index (χ4v) is 3.16. The van der Waals surface area contributed by atoms with E-state index in [-0.39, 0.29) is 35.9 Å². The van der Waals surface area contributed by atoms with Crippen LogP contribution in [0, 0.1) is 5.92 Å². The topological polar surface area (TPSA) is 101 Å². The van der Waals surface area contributed by atoms with Gasteiger partial charge in [-0.25, -0.2) is 0 Å². The standard InChI is InChI=1S/C17H28N4O3.ClH/c1-3-12(4-2)14-10-15(24-20-14)17(23)21-9-5-6-13(11-21)16(22)19-8-7-18;/h10,12-13H,3-9,11,18H2,1-2H3,(H,19,22);1H. The van der Waals surface area contributed by atoms with Crippen molar-refractivity contribution in [2.45, 2.75) is 45.4 Å². The molecule has 1 aromatic rings. The largest absolute Gasteiger partial charge is 0.355 e. The number of nitrogens with one attached hydrogen (secondary N) is 1. The molecule has 0 saturated carbocycles. The van der Waals surface area contributed by atoms with Gasteiger partial charge in [0, 0.05) is 38.2 Å². The number of rotatable bonds is 7. The van der Waals surface area contributed by atoms with Crippen LogP contribution < -0.4 is 11.1 Å². The number of nitrogens with two attached hydrogens (primary N) is 1. The second kappa shape index (κ2) is 10.4. The fourth-order valence-electron chi connectivity index (χ4n) is 3.16. The summed E-state index contributed by atoms with van der Waals surface area (Å²) in [6.45, 7) is 6.12. The van der Waals surface area contributed by atoms with Crippen LogP contribution in [0.25, 0.3) is 0 Å². The first-order valence-electron chi connectivity index (χ1n) is 8.84. The zero-order valence-electron chi connectivity index (χ0n) is 15.0. The number of nitrogens with zero attached hydrogens (tertiary/aromatic N) is 2. The minimum absolute atomic E-state index is 0. The maximum absolute atomic E-state index is 12.6. The van der Waals surface area contributed by atoms with E-state index < -0.39 is 0 Å². The maximum Gasteiger partial charge on any atom is 0.292 e. The van der Waals surface area contributed by atoms with Gasteiger partial charge < -0.3 is 20.5 Å². The van der Waals surface area contributed by atoms with E-state index in [1.165, 1.54) is 0 Å². The molecule has 2 heterocycles. The summed E-state index contributed by atoms with van der Waals surface area (Å²) in [5.74, 6) is 0.173. The molecule has 25 heavy (non-hydrogen) atoms. The molecule has 1 aliphatic rings. The van der Waals surface area contributed by atoms with Crippen molar-refractivity contribution in [1.82, 2.24) is 15.4 Å². The molecule has 0 bridgehead atoms. The van der Waals surface area contributed by atoms with Crippen LogP contribution in [0.4, 0.5) is 0 Å². The molecule has 7 nitrogen and oxygen atoms in total. The Balaban J connectivity index is 0.00000312. The first-order chi connectivity index (χ1) is 11.6. The Labute approximate surface area is 155 Å². The van der Waals surface area contributed by atoms with Crippen LogP contribution in [-0.4, -0.2) is 48.0 Å². The molecular formula is C17H29ClN4O3. The summed E-state index contributed by atoms with van der Waals surface area (Å²) in [7, 11) is 0. The SMILES string of the molecule is CCC(CC)c1cc(C(=O)N2CCCC(C(=O)NCCN)C2)on1.Cl. The van der Waals surface area contributed by atoms with Gasteiger partial charge in [0.15, 0.2) is 0 Å². The van der Waals surface area contributed by atoms with E-state index in [0.29, 0.717) is 32.1 Å². The molecule has 0 spiro atoms. The fraction of sp³-hybridized carbons (Fsp3) is 0.706. The quantitative estimate of drug-likeness (QED) is 0.761. The Morgan fingerprint density at radius 3 is 2.80 bits per heavy atom.